The summed E-state index contributed by atoms with van der Waals surface area (Å²) in [5, 5.41) is 0.683. The van der Waals surface area contributed by atoms with Gasteiger partial charge in [0, 0.05) is 17.1 Å². The summed E-state index contributed by atoms with van der Waals surface area (Å²) in [5.74, 6) is -0.00847. The van der Waals surface area contributed by atoms with E-state index < -0.39 is 5.25 Å². The molecule has 1 heterocycles. The number of thioether (sulfide) groups is 1. The zero-order valence-corrected chi connectivity index (χ0v) is 18.3. The lowest BCUT2D eigenvalue weighted by molar-refractivity contribution is 0.0993. The molecule has 0 radical (unpaired) electrons. The van der Waals surface area contributed by atoms with Crippen molar-refractivity contribution in [2.45, 2.75) is 30.3 Å². The lowest BCUT2D eigenvalue weighted by Crippen LogP contribution is -2.29. The van der Waals surface area contributed by atoms with Gasteiger partial charge in [0.15, 0.2) is 10.9 Å². The van der Waals surface area contributed by atoms with Gasteiger partial charge in [0.25, 0.3) is 5.56 Å². The summed E-state index contributed by atoms with van der Waals surface area (Å²) in [6.07, 6.45) is 0. The van der Waals surface area contributed by atoms with Gasteiger partial charge < -0.3 is 4.74 Å². The van der Waals surface area contributed by atoms with Crippen molar-refractivity contribution < 1.29 is 9.53 Å². The van der Waals surface area contributed by atoms with Crippen LogP contribution < -0.4 is 5.56 Å². The normalized spacial score (nSPS) is 13.4. The Hall–Kier alpha value is -1.96. The molecule has 146 valence electrons. The fourth-order valence-electron chi connectivity index (χ4n) is 2.97. The quantitative estimate of drug-likeness (QED) is 0.289. The number of fused-ring (bicyclic) bond motifs is 1. The summed E-state index contributed by atoms with van der Waals surface area (Å²) >= 11 is 4.68. The van der Waals surface area contributed by atoms with Crippen LogP contribution >= 0.6 is 27.7 Å². The molecule has 0 fully saturated rings. The molecule has 0 saturated carbocycles. The Labute approximate surface area is 176 Å². The maximum absolute atomic E-state index is 13.1. The van der Waals surface area contributed by atoms with Gasteiger partial charge in [0.05, 0.1) is 28.8 Å². The zero-order valence-electron chi connectivity index (χ0n) is 15.9. The largest absolute Gasteiger partial charge is 0.383 e. The molecule has 0 aliphatic rings. The van der Waals surface area contributed by atoms with E-state index in [9.17, 15) is 9.59 Å². The van der Waals surface area contributed by atoms with Gasteiger partial charge >= 0.3 is 0 Å². The number of hydrogen-bond donors (Lipinski definition) is 0. The first-order chi connectivity index (χ1) is 13.4. The lowest BCUT2D eigenvalue weighted by atomic mass is 10.1. The molecule has 2 aromatic carbocycles. The molecule has 0 N–H and O–H groups in total. The van der Waals surface area contributed by atoms with E-state index >= 15 is 0 Å². The van der Waals surface area contributed by atoms with Crippen molar-refractivity contribution in [1.29, 1.82) is 0 Å². The standard InChI is InChI=1S/C21H21BrN2O3S/c1-13(12-27-3)24-20(26)17-6-4-5-7-18(17)23-21(24)28-14(2)19(25)15-8-10-16(22)11-9-15/h4-11,13-14H,12H2,1-3H3/t13-,14+/m1/s1. The van der Waals surface area contributed by atoms with Crippen LogP contribution in [-0.4, -0.2) is 34.3 Å². The number of benzene rings is 2. The van der Waals surface area contributed by atoms with E-state index in [1.807, 2.05) is 44.2 Å². The third-order valence-corrected chi connectivity index (χ3v) is 6.00. The van der Waals surface area contributed by atoms with E-state index in [0.29, 0.717) is 28.2 Å². The maximum Gasteiger partial charge on any atom is 0.262 e. The van der Waals surface area contributed by atoms with Gasteiger partial charge in [-0.3, -0.25) is 14.2 Å². The Balaban J connectivity index is 2.00. The van der Waals surface area contributed by atoms with Crippen LogP contribution in [0.25, 0.3) is 10.9 Å². The molecule has 3 aromatic rings. The second-order valence-corrected chi connectivity index (χ2v) is 8.75. The van der Waals surface area contributed by atoms with Crippen molar-refractivity contribution in [1.82, 2.24) is 9.55 Å². The molecule has 0 unspecified atom stereocenters. The number of aromatic nitrogens is 2. The third-order valence-electron chi connectivity index (χ3n) is 4.40. The highest BCUT2D eigenvalue weighted by molar-refractivity contribution is 9.10. The Kier molecular flexibility index (Phi) is 6.69. The highest BCUT2D eigenvalue weighted by atomic mass is 79.9. The maximum atomic E-state index is 13.1. The first-order valence-corrected chi connectivity index (χ1v) is 10.6. The van der Waals surface area contributed by atoms with E-state index in [1.54, 1.807) is 29.9 Å². The predicted molar refractivity (Wildman–Crippen MR) is 116 cm³/mol. The topological polar surface area (TPSA) is 61.2 Å². The second-order valence-electron chi connectivity index (χ2n) is 6.52. The molecule has 0 amide bonds. The fraction of sp³-hybridized carbons (Fsp3) is 0.286. The molecular weight excluding hydrogens is 440 g/mol. The highest BCUT2D eigenvalue weighted by Crippen LogP contribution is 2.27. The second kappa shape index (κ2) is 9.03. The summed E-state index contributed by atoms with van der Waals surface area (Å²) in [6.45, 7) is 4.12. The van der Waals surface area contributed by atoms with Crippen LogP contribution in [0.3, 0.4) is 0 Å². The Morgan fingerprint density at radius 3 is 2.54 bits per heavy atom. The zero-order chi connectivity index (χ0) is 20.3. The number of halogens is 1. The monoisotopic (exact) mass is 460 g/mol. The number of Topliss-reactive ketones (excluding diaryl/α,β-unsaturated/α-hetero) is 1. The van der Waals surface area contributed by atoms with Gasteiger partial charge in [-0.2, -0.15) is 0 Å². The summed E-state index contributed by atoms with van der Waals surface area (Å²) in [5.41, 5.74) is 1.13. The molecule has 2 atom stereocenters. The summed E-state index contributed by atoms with van der Waals surface area (Å²) in [6, 6.07) is 14.3. The van der Waals surface area contributed by atoms with Crippen molar-refractivity contribution in [3.8, 4) is 0 Å². The smallest absolute Gasteiger partial charge is 0.262 e. The van der Waals surface area contributed by atoms with Crippen LogP contribution in [0.4, 0.5) is 0 Å². The number of para-hydroxylation sites is 1. The van der Waals surface area contributed by atoms with E-state index in [2.05, 4.69) is 20.9 Å². The molecule has 5 nitrogen and oxygen atoms in total. The number of methoxy groups -OCH3 is 1. The average Bonchev–Trinajstić information content (AvgIpc) is 2.68. The minimum absolute atomic E-state index is 0.00847. The number of ether oxygens (including phenoxy) is 1. The van der Waals surface area contributed by atoms with Crippen LogP contribution in [0.1, 0.15) is 30.2 Å². The SMILES string of the molecule is COC[C@@H](C)n1c(S[C@@H](C)C(=O)c2ccc(Br)cc2)nc2ccccc2c1=O. The van der Waals surface area contributed by atoms with Gasteiger partial charge in [0.1, 0.15) is 0 Å². The van der Waals surface area contributed by atoms with E-state index in [1.165, 1.54) is 11.8 Å². The molecule has 3 rings (SSSR count). The summed E-state index contributed by atoms with van der Waals surface area (Å²) < 4.78 is 7.79. The first kappa shape index (κ1) is 20.8. The highest BCUT2D eigenvalue weighted by Gasteiger charge is 2.22. The molecule has 0 aliphatic carbocycles. The molecule has 0 spiro atoms. The van der Waals surface area contributed by atoms with Gasteiger partial charge in [0.2, 0.25) is 0 Å². The third kappa shape index (κ3) is 4.37. The van der Waals surface area contributed by atoms with Crippen LogP contribution in [0.15, 0.2) is 63.0 Å². The van der Waals surface area contributed by atoms with E-state index in [4.69, 9.17) is 4.74 Å². The predicted octanol–water partition coefficient (Wildman–Crippen LogP) is 4.73. The van der Waals surface area contributed by atoms with Crippen molar-refractivity contribution in [3.63, 3.8) is 0 Å². The van der Waals surface area contributed by atoms with Crippen LogP contribution in [0, 0.1) is 0 Å². The van der Waals surface area contributed by atoms with Crippen molar-refractivity contribution in [3.05, 3.63) is 68.9 Å². The Morgan fingerprint density at radius 1 is 1.18 bits per heavy atom. The van der Waals surface area contributed by atoms with Crippen molar-refractivity contribution in [2.24, 2.45) is 0 Å². The Bertz CT molecular complexity index is 1050. The lowest BCUT2D eigenvalue weighted by Gasteiger charge is -2.20. The van der Waals surface area contributed by atoms with Crippen LogP contribution in [0.5, 0.6) is 0 Å². The van der Waals surface area contributed by atoms with Gasteiger partial charge in [-0.15, -0.1) is 0 Å². The van der Waals surface area contributed by atoms with Crippen LogP contribution in [0.2, 0.25) is 0 Å². The van der Waals surface area contributed by atoms with Crippen LogP contribution in [-0.2, 0) is 4.74 Å². The van der Waals surface area contributed by atoms with Crippen molar-refractivity contribution >= 4 is 44.4 Å². The fourth-order valence-corrected chi connectivity index (χ4v) is 4.32. The number of carbonyl (C=O) groups excluding carboxylic acids is 1. The Morgan fingerprint density at radius 2 is 1.86 bits per heavy atom. The van der Waals surface area contributed by atoms with Crippen molar-refractivity contribution in [2.75, 3.05) is 13.7 Å². The number of rotatable bonds is 7. The minimum Gasteiger partial charge on any atom is -0.383 e. The van der Waals surface area contributed by atoms with Gasteiger partial charge in [-0.25, -0.2) is 4.98 Å². The van der Waals surface area contributed by atoms with E-state index in [-0.39, 0.29) is 17.4 Å². The van der Waals surface area contributed by atoms with E-state index in [0.717, 1.165) is 4.47 Å². The molecule has 0 saturated heterocycles. The number of carbonyl (C=O) groups is 1. The van der Waals surface area contributed by atoms with Gasteiger partial charge in [-0.1, -0.05) is 52.0 Å². The molecule has 1 aromatic heterocycles. The first-order valence-electron chi connectivity index (χ1n) is 8.89. The molecule has 28 heavy (non-hydrogen) atoms. The summed E-state index contributed by atoms with van der Waals surface area (Å²) in [7, 11) is 1.60. The van der Waals surface area contributed by atoms with Gasteiger partial charge in [-0.05, 0) is 38.1 Å². The molecular formula is C21H21BrN2O3S. The molecule has 7 heteroatoms. The number of hydrogen-bond acceptors (Lipinski definition) is 5. The minimum atomic E-state index is -0.393. The number of ketones is 1. The summed E-state index contributed by atoms with van der Waals surface area (Å²) in [4.78, 5) is 30.6. The molecule has 0 aliphatic heterocycles. The average molecular weight is 461 g/mol. The molecule has 0 bridgehead atoms. The number of nitrogens with zero attached hydrogens (tertiary/aromatic N) is 2.